The summed E-state index contributed by atoms with van der Waals surface area (Å²) in [5.74, 6) is -2.66. The highest BCUT2D eigenvalue weighted by Crippen LogP contribution is 2.16. The third kappa shape index (κ3) is 7.48. The summed E-state index contributed by atoms with van der Waals surface area (Å²) in [5, 5.41) is 21.9. The van der Waals surface area contributed by atoms with Gasteiger partial charge in [0.15, 0.2) is 11.3 Å². The summed E-state index contributed by atoms with van der Waals surface area (Å²) in [4.78, 5) is 61.4. The predicted octanol–water partition coefficient (Wildman–Crippen LogP) is 1.60. The van der Waals surface area contributed by atoms with Crippen molar-refractivity contribution in [3.8, 4) is 0 Å². The van der Waals surface area contributed by atoms with Crippen LogP contribution in [0, 0.1) is 5.82 Å². The largest absolute Gasteiger partial charge is 0.477 e. The van der Waals surface area contributed by atoms with E-state index in [0.717, 1.165) is 21.7 Å². The molecule has 0 fully saturated rings. The average Bonchev–Trinajstić information content (AvgIpc) is 3.53. The topological polar surface area (TPSA) is 234 Å². The van der Waals surface area contributed by atoms with Gasteiger partial charge in [0.2, 0.25) is 0 Å². The molecule has 0 radical (unpaired) electrons. The van der Waals surface area contributed by atoms with Crippen LogP contribution in [0.4, 0.5) is 15.8 Å². The minimum Gasteiger partial charge on any atom is -0.477 e. The van der Waals surface area contributed by atoms with Crippen molar-refractivity contribution < 1.29 is 28.6 Å². The van der Waals surface area contributed by atoms with Crippen LogP contribution in [-0.4, -0.2) is 49.9 Å². The minimum atomic E-state index is -1.26. The van der Waals surface area contributed by atoms with Gasteiger partial charge in [0, 0.05) is 24.7 Å². The number of halogens is 2. The Morgan fingerprint density at radius 2 is 1.78 bits per heavy atom. The summed E-state index contributed by atoms with van der Waals surface area (Å²) < 4.78 is 19.1. The van der Waals surface area contributed by atoms with Crippen LogP contribution in [-0.2, 0) is 17.8 Å². The number of carbonyl (C=O) groups excluding carboxylic acids is 2. The number of esters is 1. The number of rotatable bonds is 9. The number of fused-ring (bicyclic) bond motifs is 1. The fourth-order valence-corrected chi connectivity index (χ4v) is 4.13. The Kier molecular flexibility index (Phi) is 11.2. The monoisotopic (exact) mass is 654 g/mol. The molecule has 1 atom stereocenters. The van der Waals surface area contributed by atoms with Gasteiger partial charge in [-0.25, -0.2) is 19.0 Å². The number of carboxylic acid groups (broad SMARTS) is 1. The SMILES string of the molecule is COC(=O)c1ccc([C@H](C)NC(=O)c2cc(C(=O)O)n3nncc3n2)cc1.Cl.NCc1ccc(F)c(CNc2c(N)c(=O)c2=O)c1. The molecule has 0 aliphatic carbocycles. The summed E-state index contributed by atoms with van der Waals surface area (Å²) in [7, 11) is 1.30. The number of anilines is 2. The summed E-state index contributed by atoms with van der Waals surface area (Å²) >= 11 is 0. The number of aromatic nitrogens is 4. The van der Waals surface area contributed by atoms with Crippen molar-refractivity contribution in [2.45, 2.75) is 26.1 Å². The summed E-state index contributed by atoms with van der Waals surface area (Å²) in [6.07, 6.45) is 1.26. The van der Waals surface area contributed by atoms with E-state index in [1.807, 2.05) is 0 Å². The second kappa shape index (κ2) is 14.8. The normalized spacial score (nSPS) is 11.1. The van der Waals surface area contributed by atoms with Gasteiger partial charge in [-0.3, -0.25) is 14.4 Å². The lowest BCUT2D eigenvalue weighted by Gasteiger charge is -2.14. The van der Waals surface area contributed by atoms with Crippen LogP contribution in [0.25, 0.3) is 5.65 Å². The standard InChI is InChI=1S/C17H15N5O5.C12H12FN3O2.ClH/c1-9(10-3-5-11(6-4-10)17(26)27-2)19-15(23)12-7-13(16(24)25)22-14(20-12)8-18-21-22;13-8-2-1-6(4-14)3-7(8)5-16-10-9(15)11(17)12(10)18;/h3-9H,1-2H3,(H,19,23)(H,24,25);1-3,16H,4-5,14-15H2;1H/t9-;;/m0../s1. The van der Waals surface area contributed by atoms with Gasteiger partial charge in [-0.05, 0) is 42.3 Å². The first-order valence-electron chi connectivity index (χ1n) is 13.2. The van der Waals surface area contributed by atoms with Gasteiger partial charge in [-0.2, -0.15) is 4.52 Å². The lowest BCUT2D eigenvalue weighted by Crippen LogP contribution is -2.37. The summed E-state index contributed by atoms with van der Waals surface area (Å²) in [5.41, 5.74) is 11.5. The Morgan fingerprint density at radius 1 is 1.09 bits per heavy atom. The van der Waals surface area contributed by atoms with Gasteiger partial charge in [-0.15, -0.1) is 17.5 Å². The number of carbonyl (C=O) groups is 3. The Bertz CT molecular complexity index is 1970. The molecule has 0 spiro atoms. The Morgan fingerprint density at radius 3 is 2.39 bits per heavy atom. The Labute approximate surface area is 265 Å². The summed E-state index contributed by atoms with van der Waals surface area (Å²) in [6, 6.07) is 11.8. The highest BCUT2D eigenvalue weighted by Gasteiger charge is 2.20. The number of aromatic carboxylic acids is 1. The number of nitrogen functional groups attached to an aromatic ring is 1. The molecule has 0 aliphatic rings. The molecule has 0 aliphatic heterocycles. The number of nitrogens with one attached hydrogen (secondary N) is 2. The van der Waals surface area contributed by atoms with E-state index in [-0.39, 0.29) is 47.4 Å². The molecule has 0 unspecified atom stereocenters. The minimum absolute atomic E-state index is 0. The zero-order valence-corrected chi connectivity index (χ0v) is 25.1. The van der Waals surface area contributed by atoms with Crippen molar-refractivity contribution in [3.63, 3.8) is 0 Å². The molecule has 5 rings (SSSR count). The number of benzene rings is 2. The highest BCUT2D eigenvalue weighted by atomic mass is 35.5. The molecule has 3 aromatic carbocycles. The van der Waals surface area contributed by atoms with E-state index in [2.05, 4.69) is 30.7 Å². The first-order valence-corrected chi connectivity index (χ1v) is 13.2. The van der Waals surface area contributed by atoms with Gasteiger partial charge in [0.1, 0.15) is 22.9 Å². The van der Waals surface area contributed by atoms with Gasteiger partial charge < -0.3 is 31.9 Å². The number of hydrogen-bond acceptors (Lipinski definition) is 12. The molecular weight excluding hydrogens is 627 g/mol. The molecule has 17 heteroatoms. The van der Waals surface area contributed by atoms with Crippen LogP contribution in [0.15, 0.2) is 64.3 Å². The second-order valence-corrected chi connectivity index (χ2v) is 9.57. The molecule has 46 heavy (non-hydrogen) atoms. The van der Waals surface area contributed by atoms with Gasteiger partial charge in [0.05, 0.1) is 24.9 Å². The van der Waals surface area contributed by atoms with E-state index in [4.69, 9.17) is 11.5 Å². The highest BCUT2D eigenvalue weighted by molar-refractivity contribution is 5.96. The maximum Gasteiger partial charge on any atom is 0.354 e. The number of nitrogens with zero attached hydrogens (tertiary/aromatic N) is 4. The lowest BCUT2D eigenvalue weighted by molar-refractivity contribution is 0.0599. The molecule has 0 bridgehead atoms. The van der Waals surface area contributed by atoms with Crippen molar-refractivity contribution in [3.05, 3.63) is 115 Å². The third-order valence-electron chi connectivity index (χ3n) is 6.65. The average molecular weight is 655 g/mol. The van der Waals surface area contributed by atoms with Crippen LogP contribution < -0.4 is 33.0 Å². The van der Waals surface area contributed by atoms with Crippen LogP contribution in [0.3, 0.4) is 0 Å². The molecule has 15 nitrogen and oxygen atoms in total. The van der Waals surface area contributed by atoms with E-state index in [1.165, 1.54) is 19.4 Å². The van der Waals surface area contributed by atoms with Gasteiger partial charge >= 0.3 is 11.9 Å². The number of hydrogen-bond donors (Lipinski definition) is 5. The Balaban J connectivity index is 0.000000265. The first kappa shape index (κ1) is 34.7. The maximum atomic E-state index is 13.5. The van der Waals surface area contributed by atoms with Crippen LogP contribution in [0.1, 0.15) is 61.0 Å². The molecule has 2 heterocycles. The molecule has 5 aromatic rings. The fourth-order valence-electron chi connectivity index (χ4n) is 4.13. The second-order valence-electron chi connectivity index (χ2n) is 9.57. The van der Waals surface area contributed by atoms with Crippen molar-refractivity contribution in [1.29, 1.82) is 0 Å². The zero-order chi connectivity index (χ0) is 32.8. The molecule has 0 saturated carbocycles. The molecular formula is C29H28ClFN8O7. The first-order chi connectivity index (χ1) is 21.4. The van der Waals surface area contributed by atoms with Crippen LogP contribution >= 0.6 is 12.4 Å². The van der Waals surface area contributed by atoms with E-state index >= 15 is 0 Å². The van der Waals surface area contributed by atoms with E-state index in [0.29, 0.717) is 17.7 Å². The van der Waals surface area contributed by atoms with Crippen molar-refractivity contribution >= 4 is 47.3 Å². The van der Waals surface area contributed by atoms with Crippen molar-refractivity contribution in [2.75, 3.05) is 18.2 Å². The quantitative estimate of drug-likeness (QED) is 0.112. The van der Waals surface area contributed by atoms with E-state index in [9.17, 15) is 33.5 Å². The maximum absolute atomic E-state index is 13.5. The third-order valence-corrected chi connectivity index (χ3v) is 6.65. The smallest absolute Gasteiger partial charge is 0.354 e. The number of methoxy groups -OCH3 is 1. The fraction of sp³-hybridized carbons (Fsp3) is 0.172. The van der Waals surface area contributed by atoms with Gasteiger partial charge in [-0.1, -0.05) is 23.4 Å². The lowest BCUT2D eigenvalue weighted by atomic mass is 10.1. The Hall–Kier alpha value is -5.74. The van der Waals surface area contributed by atoms with E-state index in [1.54, 1.807) is 43.3 Å². The molecule has 1 amide bonds. The molecule has 7 N–H and O–H groups in total. The summed E-state index contributed by atoms with van der Waals surface area (Å²) in [6.45, 7) is 2.13. The molecule has 0 saturated heterocycles. The number of carboxylic acids is 1. The predicted molar refractivity (Wildman–Crippen MR) is 166 cm³/mol. The number of amides is 1. The van der Waals surface area contributed by atoms with Crippen molar-refractivity contribution in [2.24, 2.45) is 5.73 Å². The van der Waals surface area contributed by atoms with Crippen LogP contribution in [0.5, 0.6) is 0 Å². The van der Waals surface area contributed by atoms with Gasteiger partial charge in [0.25, 0.3) is 16.8 Å². The van der Waals surface area contributed by atoms with Crippen LogP contribution in [0.2, 0.25) is 0 Å². The number of ether oxygens (including phenoxy) is 1. The number of nitrogens with two attached hydrogens (primary N) is 2. The molecule has 240 valence electrons. The van der Waals surface area contributed by atoms with E-state index < -0.39 is 40.6 Å². The van der Waals surface area contributed by atoms with Crippen molar-refractivity contribution in [1.82, 2.24) is 25.1 Å². The molecule has 2 aromatic heterocycles. The zero-order valence-electron chi connectivity index (χ0n) is 24.3.